The van der Waals surface area contributed by atoms with Crippen LogP contribution in [0.15, 0.2) is 34.7 Å². The number of nitrogens with one attached hydrogen (secondary N) is 1. The van der Waals surface area contributed by atoms with E-state index < -0.39 is 11.9 Å². The largest absolute Gasteiger partial charge is 0.507 e. The van der Waals surface area contributed by atoms with Crippen LogP contribution in [0.25, 0.3) is 0 Å². The number of hydrogen-bond acceptors (Lipinski definition) is 7. The Morgan fingerprint density at radius 2 is 2.09 bits per heavy atom. The third-order valence-electron chi connectivity index (χ3n) is 3.06. The summed E-state index contributed by atoms with van der Waals surface area (Å²) in [4.78, 5) is 23.2. The summed E-state index contributed by atoms with van der Waals surface area (Å²) in [6.07, 6.45) is 0. The maximum atomic E-state index is 11.6. The standard InChI is InChI=1S/C15H15N3O4S/c1-8(9-3-4-12(19)10(7-9)14(16)20)17-18-11-5-6-23-13(11)15(21)22-2/h3-7,18-19H,1-2H3,(H2,16,20). The molecule has 0 saturated carbocycles. The van der Waals surface area contributed by atoms with Gasteiger partial charge < -0.3 is 15.6 Å². The summed E-state index contributed by atoms with van der Waals surface area (Å²) in [7, 11) is 1.31. The van der Waals surface area contributed by atoms with Gasteiger partial charge >= 0.3 is 5.97 Å². The number of ether oxygens (including phenoxy) is 1. The van der Waals surface area contributed by atoms with Crippen LogP contribution < -0.4 is 11.2 Å². The normalized spacial score (nSPS) is 11.1. The van der Waals surface area contributed by atoms with Gasteiger partial charge in [0.15, 0.2) is 0 Å². The van der Waals surface area contributed by atoms with Crippen LogP contribution in [0.3, 0.4) is 0 Å². The Morgan fingerprint density at radius 1 is 1.35 bits per heavy atom. The fraction of sp³-hybridized carbons (Fsp3) is 0.133. The highest BCUT2D eigenvalue weighted by atomic mass is 32.1. The van der Waals surface area contributed by atoms with Crippen molar-refractivity contribution in [3.8, 4) is 5.75 Å². The van der Waals surface area contributed by atoms with Crippen LogP contribution in [0, 0.1) is 0 Å². The van der Waals surface area contributed by atoms with Gasteiger partial charge in [0.25, 0.3) is 5.91 Å². The minimum atomic E-state index is -0.726. The van der Waals surface area contributed by atoms with Crippen molar-refractivity contribution in [2.45, 2.75) is 6.92 Å². The van der Waals surface area contributed by atoms with Gasteiger partial charge in [-0.2, -0.15) is 5.10 Å². The first-order valence-corrected chi connectivity index (χ1v) is 7.41. The van der Waals surface area contributed by atoms with E-state index in [4.69, 9.17) is 5.73 Å². The minimum absolute atomic E-state index is 0.0165. The lowest BCUT2D eigenvalue weighted by Gasteiger charge is -2.06. The van der Waals surface area contributed by atoms with Gasteiger partial charge in [0, 0.05) is 0 Å². The number of nitrogens with zero attached hydrogens (tertiary/aromatic N) is 1. The number of thiophene rings is 1. The second-order valence-corrected chi connectivity index (χ2v) is 5.48. The molecule has 2 rings (SSSR count). The van der Waals surface area contributed by atoms with Gasteiger partial charge in [0.05, 0.1) is 24.1 Å². The van der Waals surface area contributed by atoms with Crippen molar-refractivity contribution < 1.29 is 19.4 Å². The predicted octanol–water partition coefficient (Wildman–Crippen LogP) is 2.18. The van der Waals surface area contributed by atoms with Crippen molar-refractivity contribution in [2.24, 2.45) is 10.8 Å². The molecule has 2 aromatic rings. The zero-order valence-electron chi connectivity index (χ0n) is 12.5. The van der Waals surface area contributed by atoms with Gasteiger partial charge in [-0.25, -0.2) is 4.79 Å². The average molecular weight is 333 g/mol. The highest BCUT2D eigenvalue weighted by molar-refractivity contribution is 7.12. The molecule has 23 heavy (non-hydrogen) atoms. The molecule has 0 spiro atoms. The number of carbonyl (C=O) groups is 2. The van der Waals surface area contributed by atoms with Crippen molar-refractivity contribution >= 4 is 34.6 Å². The number of rotatable bonds is 5. The number of carbonyl (C=O) groups excluding carboxylic acids is 2. The molecular formula is C15H15N3O4S. The lowest BCUT2D eigenvalue weighted by Crippen LogP contribution is -2.12. The molecule has 0 aliphatic heterocycles. The van der Waals surface area contributed by atoms with Crippen molar-refractivity contribution in [1.82, 2.24) is 0 Å². The second kappa shape index (κ2) is 6.93. The zero-order chi connectivity index (χ0) is 17.0. The topological polar surface area (TPSA) is 114 Å². The summed E-state index contributed by atoms with van der Waals surface area (Å²) < 4.78 is 4.69. The molecule has 1 heterocycles. The number of benzene rings is 1. The number of phenols is 1. The number of primary amides is 1. The molecule has 0 radical (unpaired) electrons. The van der Waals surface area contributed by atoms with Crippen LogP contribution >= 0.6 is 11.3 Å². The van der Waals surface area contributed by atoms with Crippen LogP contribution in [0.2, 0.25) is 0 Å². The summed E-state index contributed by atoms with van der Waals surface area (Å²) in [6.45, 7) is 1.72. The summed E-state index contributed by atoms with van der Waals surface area (Å²) in [5.41, 5.74) is 9.69. The van der Waals surface area contributed by atoms with Gasteiger partial charge in [-0.05, 0) is 42.1 Å². The molecule has 1 aromatic heterocycles. The van der Waals surface area contributed by atoms with Crippen LogP contribution in [-0.2, 0) is 4.74 Å². The molecule has 0 aliphatic rings. The fourth-order valence-corrected chi connectivity index (χ4v) is 2.58. The second-order valence-electron chi connectivity index (χ2n) is 4.56. The highest BCUT2D eigenvalue weighted by Gasteiger charge is 2.13. The Kier molecular flexibility index (Phi) is 4.97. The van der Waals surface area contributed by atoms with Crippen molar-refractivity contribution in [3.05, 3.63) is 45.6 Å². The maximum Gasteiger partial charge on any atom is 0.350 e. The Labute approximate surface area is 136 Å². The van der Waals surface area contributed by atoms with Crippen molar-refractivity contribution in [1.29, 1.82) is 0 Å². The van der Waals surface area contributed by atoms with E-state index in [-0.39, 0.29) is 11.3 Å². The molecule has 0 aliphatic carbocycles. The van der Waals surface area contributed by atoms with E-state index >= 15 is 0 Å². The van der Waals surface area contributed by atoms with Crippen molar-refractivity contribution in [3.63, 3.8) is 0 Å². The Morgan fingerprint density at radius 3 is 2.74 bits per heavy atom. The fourth-order valence-electron chi connectivity index (χ4n) is 1.82. The van der Waals surface area contributed by atoms with Gasteiger partial charge in [-0.1, -0.05) is 0 Å². The van der Waals surface area contributed by atoms with Crippen LogP contribution in [0.4, 0.5) is 5.69 Å². The van der Waals surface area contributed by atoms with E-state index in [0.717, 1.165) is 0 Å². The first kappa shape index (κ1) is 16.5. The number of hydrogen-bond donors (Lipinski definition) is 3. The molecule has 1 amide bonds. The van der Waals surface area contributed by atoms with E-state index in [1.807, 2.05) is 0 Å². The lowest BCUT2D eigenvalue weighted by molar-refractivity contribution is 0.0607. The summed E-state index contributed by atoms with van der Waals surface area (Å²) >= 11 is 1.24. The average Bonchev–Trinajstić information content (AvgIpc) is 3.00. The minimum Gasteiger partial charge on any atom is -0.507 e. The van der Waals surface area contributed by atoms with Crippen LogP contribution in [0.5, 0.6) is 5.75 Å². The molecule has 1 aromatic carbocycles. The molecule has 4 N–H and O–H groups in total. The van der Waals surface area contributed by atoms with Gasteiger partial charge in [-0.15, -0.1) is 11.3 Å². The molecule has 0 unspecified atom stereocenters. The molecule has 0 bridgehead atoms. The Balaban J connectivity index is 2.24. The molecule has 8 heteroatoms. The quantitative estimate of drug-likeness (QED) is 0.441. The first-order valence-electron chi connectivity index (χ1n) is 6.53. The van der Waals surface area contributed by atoms with E-state index in [0.29, 0.717) is 21.8 Å². The third kappa shape index (κ3) is 3.67. The number of hydrazone groups is 1. The zero-order valence-corrected chi connectivity index (χ0v) is 13.3. The molecule has 0 atom stereocenters. The molecular weight excluding hydrogens is 318 g/mol. The Hall–Kier alpha value is -2.87. The molecule has 0 fully saturated rings. The predicted molar refractivity (Wildman–Crippen MR) is 88.1 cm³/mol. The van der Waals surface area contributed by atoms with E-state index in [9.17, 15) is 14.7 Å². The maximum absolute atomic E-state index is 11.6. The SMILES string of the molecule is COC(=O)c1sccc1NN=C(C)c1ccc(O)c(C(N)=O)c1. The van der Waals surface area contributed by atoms with E-state index in [1.165, 1.54) is 30.6 Å². The van der Waals surface area contributed by atoms with Crippen LogP contribution in [-0.4, -0.2) is 29.8 Å². The number of aromatic hydroxyl groups is 1. The smallest absolute Gasteiger partial charge is 0.350 e. The number of methoxy groups -OCH3 is 1. The van der Waals surface area contributed by atoms with Gasteiger partial charge in [-0.3, -0.25) is 10.2 Å². The molecule has 120 valence electrons. The van der Waals surface area contributed by atoms with Gasteiger partial charge in [0.1, 0.15) is 10.6 Å². The summed E-state index contributed by atoms with van der Waals surface area (Å²) in [5.74, 6) is -1.36. The Bertz CT molecular complexity index is 783. The van der Waals surface area contributed by atoms with Crippen LogP contribution in [0.1, 0.15) is 32.5 Å². The highest BCUT2D eigenvalue weighted by Crippen LogP contribution is 2.23. The molecule has 0 saturated heterocycles. The lowest BCUT2D eigenvalue weighted by atomic mass is 10.1. The third-order valence-corrected chi connectivity index (χ3v) is 3.95. The number of esters is 1. The summed E-state index contributed by atoms with van der Waals surface area (Å²) in [5, 5.41) is 15.5. The van der Waals surface area contributed by atoms with E-state index in [2.05, 4.69) is 15.3 Å². The number of amides is 1. The van der Waals surface area contributed by atoms with Gasteiger partial charge in [0.2, 0.25) is 0 Å². The van der Waals surface area contributed by atoms with Crippen molar-refractivity contribution in [2.75, 3.05) is 12.5 Å². The monoisotopic (exact) mass is 333 g/mol. The molecule has 7 nitrogen and oxygen atoms in total. The number of anilines is 1. The summed E-state index contributed by atoms with van der Waals surface area (Å²) in [6, 6.07) is 6.14. The van der Waals surface area contributed by atoms with E-state index in [1.54, 1.807) is 24.4 Å². The number of nitrogens with two attached hydrogens (primary N) is 1. The first-order chi connectivity index (χ1) is 10.9.